The number of aromatic nitrogens is 2. The van der Waals surface area contributed by atoms with Crippen molar-refractivity contribution in [3.8, 4) is 5.75 Å². The molecule has 2 aliphatic heterocycles. The maximum Gasteiger partial charge on any atom is 0.253 e. The first-order valence-corrected chi connectivity index (χ1v) is 13.9. The molecule has 208 valence electrons. The highest BCUT2D eigenvalue weighted by atomic mass is 16.5. The molecule has 9 heteroatoms. The smallest absolute Gasteiger partial charge is 0.253 e. The lowest BCUT2D eigenvalue weighted by atomic mass is 9.96. The molecular weight excluding hydrogens is 496 g/mol. The van der Waals surface area contributed by atoms with E-state index in [1.54, 1.807) is 7.11 Å². The summed E-state index contributed by atoms with van der Waals surface area (Å²) in [6, 6.07) is 11.3. The van der Waals surface area contributed by atoms with Crippen LogP contribution in [-0.2, 0) is 16.0 Å². The van der Waals surface area contributed by atoms with Gasteiger partial charge < -0.3 is 24.4 Å². The first kappa shape index (κ1) is 27.1. The van der Waals surface area contributed by atoms with Gasteiger partial charge in [-0.05, 0) is 67.6 Å². The lowest BCUT2D eigenvalue weighted by molar-refractivity contribution is 0.0255. The van der Waals surface area contributed by atoms with Gasteiger partial charge in [0.05, 0.1) is 25.3 Å². The van der Waals surface area contributed by atoms with E-state index in [-0.39, 0.29) is 17.9 Å². The van der Waals surface area contributed by atoms with E-state index >= 15 is 0 Å². The summed E-state index contributed by atoms with van der Waals surface area (Å²) in [5, 5.41) is 8.64. The minimum Gasteiger partial charge on any atom is -0.490 e. The Labute approximate surface area is 229 Å². The number of likely N-dealkylation sites (tertiary alicyclic amines) is 1. The van der Waals surface area contributed by atoms with E-state index in [0.29, 0.717) is 30.2 Å². The van der Waals surface area contributed by atoms with Gasteiger partial charge >= 0.3 is 0 Å². The van der Waals surface area contributed by atoms with E-state index in [9.17, 15) is 9.59 Å². The summed E-state index contributed by atoms with van der Waals surface area (Å²) in [5.74, 6) is 1.22. The van der Waals surface area contributed by atoms with E-state index in [0.717, 1.165) is 80.7 Å². The third kappa shape index (κ3) is 6.59. The van der Waals surface area contributed by atoms with Gasteiger partial charge in [-0.2, -0.15) is 5.10 Å². The van der Waals surface area contributed by atoms with Crippen molar-refractivity contribution in [1.29, 1.82) is 0 Å². The quantitative estimate of drug-likeness (QED) is 0.420. The number of aryl methyl sites for hydroxylation is 1. The van der Waals surface area contributed by atoms with Crippen LogP contribution in [0.1, 0.15) is 52.0 Å². The van der Waals surface area contributed by atoms with Crippen LogP contribution in [0.5, 0.6) is 5.75 Å². The molecular formula is C30H38N4O5. The number of benzene rings is 2. The van der Waals surface area contributed by atoms with Gasteiger partial charge in [-0.1, -0.05) is 0 Å². The second-order valence-corrected chi connectivity index (χ2v) is 10.5. The second-order valence-electron chi connectivity index (χ2n) is 10.5. The molecule has 0 saturated carbocycles. The lowest BCUT2D eigenvalue weighted by Crippen LogP contribution is -2.39. The molecule has 9 nitrogen and oxygen atoms in total. The number of fused-ring (bicyclic) bond motifs is 1. The van der Waals surface area contributed by atoms with Gasteiger partial charge in [0.15, 0.2) is 0 Å². The Bertz CT molecular complexity index is 1270. The minimum atomic E-state index is -0.0993. The van der Waals surface area contributed by atoms with Crippen molar-refractivity contribution >= 4 is 22.7 Å². The Morgan fingerprint density at radius 3 is 2.51 bits per heavy atom. The van der Waals surface area contributed by atoms with Crippen LogP contribution >= 0.6 is 0 Å². The van der Waals surface area contributed by atoms with Gasteiger partial charge in [0.25, 0.3) is 11.8 Å². The molecule has 1 aromatic heterocycles. The van der Waals surface area contributed by atoms with Crippen molar-refractivity contribution < 1.29 is 23.8 Å². The molecule has 0 atom stereocenters. The van der Waals surface area contributed by atoms with Crippen LogP contribution in [-0.4, -0.2) is 79.2 Å². The van der Waals surface area contributed by atoms with Crippen molar-refractivity contribution in [2.75, 3.05) is 46.6 Å². The van der Waals surface area contributed by atoms with E-state index in [4.69, 9.17) is 19.3 Å². The van der Waals surface area contributed by atoms with Crippen LogP contribution in [0.25, 0.3) is 10.9 Å². The summed E-state index contributed by atoms with van der Waals surface area (Å²) in [6.07, 6.45) is 5.88. The van der Waals surface area contributed by atoms with Gasteiger partial charge in [0.2, 0.25) is 0 Å². The third-order valence-corrected chi connectivity index (χ3v) is 7.76. The number of hydrogen-bond donors (Lipinski definition) is 1. The molecule has 0 unspecified atom stereocenters. The lowest BCUT2D eigenvalue weighted by Gasteiger charge is -2.32. The maximum atomic E-state index is 13.1. The highest BCUT2D eigenvalue weighted by molar-refractivity contribution is 6.00. The SMILES string of the molecule is COCCNC(=O)c1ccc2nn(CC3CCN(C(=O)c4ccc(OC5CCOCC5)cc4)CC3)cc2c1C. The van der Waals surface area contributed by atoms with Gasteiger partial charge in [-0.3, -0.25) is 14.3 Å². The van der Waals surface area contributed by atoms with Gasteiger partial charge in [0.1, 0.15) is 11.9 Å². The first-order chi connectivity index (χ1) is 19.0. The average Bonchev–Trinajstić information content (AvgIpc) is 3.38. The average molecular weight is 535 g/mol. The molecule has 2 fully saturated rings. The monoisotopic (exact) mass is 534 g/mol. The fourth-order valence-electron chi connectivity index (χ4n) is 5.41. The maximum absolute atomic E-state index is 13.1. The molecule has 1 N–H and O–H groups in total. The van der Waals surface area contributed by atoms with Crippen molar-refractivity contribution in [3.05, 3.63) is 59.3 Å². The zero-order chi connectivity index (χ0) is 27.2. The second kappa shape index (κ2) is 12.6. The Morgan fingerprint density at radius 2 is 1.79 bits per heavy atom. The summed E-state index contributed by atoms with van der Waals surface area (Å²) < 4.78 is 18.4. The fraction of sp³-hybridized carbons (Fsp3) is 0.500. The molecule has 3 heterocycles. The number of methoxy groups -OCH3 is 1. The molecule has 5 rings (SSSR count). The molecule has 0 spiro atoms. The normalized spacial score (nSPS) is 16.9. The van der Waals surface area contributed by atoms with Gasteiger partial charge in [-0.25, -0.2) is 0 Å². The number of piperidine rings is 1. The Morgan fingerprint density at radius 1 is 1.05 bits per heavy atom. The largest absolute Gasteiger partial charge is 0.490 e. The number of carbonyl (C=O) groups excluding carboxylic acids is 2. The molecule has 2 aromatic carbocycles. The number of rotatable bonds is 9. The van der Waals surface area contributed by atoms with Crippen molar-refractivity contribution in [3.63, 3.8) is 0 Å². The summed E-state index contributed by atoms with van der Waals surface area (Å²) in [6.45, 7) is 6.66. The Hall–Kier alpha value is -3.43. The van der Waals surface area contributed by atoms with Crippen LogP contribution in [0, 0.1) is 12.8 Å². The van der Waals surface area contributed by atoms with E-state index in [1.165, 1.54) is 0 Å². The number of carbonyl (C=O) groups is 2. The Kier molecular flexibility index (Phi) is 8.78. The fourth-order valence-corrected chi connectivity index (χ4v) is 5.41. The molecule has 2 saturated heterocycles. The Balaban J connectivity index is 1.14. The standard InChI is InChI=1S/C30H38N4O5/c1-21-26(29(35)31-13-18-37-2)7-8-28-27(21)20-34(32-28)19-22-9-14-33(15-10-22)30(36)23-3-5-24(6-4-23)39-25-11-16-38-17-12-25/h3-8,20,22,25H,9-19H2,1-2H3,(H,31,35). The molecule has 2 amide bonds. The minimum absolute atomic E-state index is 0.0721. The molecule has 39 heavy (non-hydrogen) atoms. The summed E-state index contributed by atoms with van der Waals surface area (Å²) >= 11 is 0. The predicted octanol–water partition coefficient (Wildman–Crippen LogP) is 3.83. The number of hydrogen-bond acceptors (Lipinski definition) is 6. The number of nitrogens with zero attached hydrogens (tertiary/aromatic N) is 3. The predicted molar refractivity (Wildman–Crippen MR) is 148 cm³/mol. The van der Waals surface area contributed by atoms with Crippen molar-refractivity contribution in [2.24, 2.45) is 5.92 Å². The molecule has 0 aliphatic carbocycles. The zero-order valence-electron chi connectivity index (χ0n) is 22.9. The van der Waals surface area contributed by atoms with Crippen LogP contribution in [0.2, 0.25) is 0 Å². The van der Waals surface area contributed by atoms with Gasteiger partial charge in [-0.15, -0.1) is 0 Å². The third-order valence-electron chi connectivity index (χ3n) is 7.76. The zero-order valence-corrected chi connectivity index (χ0v) is 22.9. The summed E-state index contributed by atoms with van der Waals surface area (Å²) in [4.78, 5) is 27.6. The van der Waals surface area contributed by atoms with Crippen LogP contribution in [0.15, 0.2) is 42.6 Å². The van der Waals surface area contributed by atoms with Crippen molar-refractivity contribution in [1.82, 2.24) is 20.0 Å². The highest BCUT2D eigenvalue weighted by Crippen LogP contribution is 2.25. The molecule has 2 aliphatic rings. The first-order valence-electron chi connectivity index (χ1n) is 13.9. The highest BCUT2D eigenvalue weighted by Gasteiger charge is 2.25. The van der Waals surface area contributed by atoms with E-state index < -0.39 is 0 Å². The molecule has 0 radical (unpaired) electrons. The van der Waals surface area contributed by atoms with Crippen LogP contribution < -0.4 is 10.1 Å². The summed E-state index contributed by atoms with van der Waals surface area (Å²) in [7, 11) is 1.61. The van der Waals surface area contributed by atoms with E-state index in [2.05, 4.69) is 5.32 Å². The van der Waals surface area contributed by atoms with Crippen LogP contribution in [0.3, 0.4) is 0 Å². The topological polar surface area (TPSA) is 94.9 Å². The summed E-state index contributed by atoms with van der Waals surface area (Å²) in [5.41, 5.74) is 3.17. The van der Waals surface area contributed by atoms with Crippen molar-refractivity contribution in [2.45, 2.75) is 45.3 Å². The van der Waals surface area contributed by atoms with Crippen LogP contribution in [0.4, 0.5) is 0 Å². The number of amides is 2. The van der Waals surface area contributed by atoms with Gasteiger partial charge in [0, 0.05) is 68.8 Å². The molecule has 0 bridgehead atoms. The number of ether oxygens (including phenoxy) is 3. The molecule has 3 aromatic rings. The van der Waals surface area contributed by atoms with E-state index in [1.807, 2.05) is 59.1 Å². The number of nitrogens with one attached hydrogen (secondary N) is 1.